The third-order valence-corrected chi connectivity index (χ3v) is 2.96. The summed E-state index contributed by atoms with van der Waals surface area (Å²) in [6.45, 7) is -0.824. The molecule has 20 heavy (non-hydrogen) atoms. The molecule has 3 N–H and O–H groups in total. The number of halogens is 1. The van der Waals surface area contributed by atoms with Crippen LogP contribution in [0.1, 0.15) is 12.6 Å². The lowest BCUT2D eigenvalue weighted by Gasteiger charge is -2.24. The van der Waals surface area contributed by atoms with Gasteiger partial charge in [0.2, 0.25) is 5.82 Å². The number of aromatic nitrogens is 2. The molecule has 3 atom stereocenters. The van der Waals surface area contributed by atoms with Gasteiger partial charge in [0, 0.05) is 11.3 Å². The van der Waals surface area contributed by atoms with Crippen LogP contribution in [0.2, 0.25) is 0 Å². The zero-order valence-electron chi connectivity index (χ0n) is 9.93. The fourth-order valence-corrected chi connectivity index (χ4v) is 1.92. The maximum absolute atomic E-state index is 13.2. The number of hydrogen-bond donors (Lipinski definition) is 3. The molecule has 0 unspecified atom stereocenters. The molecule has 108 valence electrons. The van der Waals surface area contributed by atoms with E-state index in [1.165, 1.54) is 0 Å². The van der Waals surface area contributed by atoms with E-state index >= 15 is 0 Å². The minimum atomic E-state index is -1.95. The molecule has 0 amide bonds. The fourth-order valence-electron chi connectivity index (χ4n) is 1.92. The zero-order chi connectivity index (χ0) is 14.9. The number of aliphatic hydroxyl groups excluding tert-OH is 2. The molecule has 0 saturated carbocycles. The van der Waals surface area contributed by atoms with E-state index in [2.05, 4.69) is 10.0 Å². The predicted octanol–water partition coefficient (Wildman–Crippen LogP) is -1.05. The number of aliphatic hydroxyl groups is 2. The number of nitrogens with one attached hydrogen (secondary N) is 1. The van der Waals surface area contributed by atoms with Gasteiger partial charge in [-0.05, 0) is 5.53 Å². The molecule has 1 saturated heterocycles. The lowest BCUT2D eigenvalue weighted by atomic mass is 10.1. The summed E-state index contributed by atoms with van der Waals surface area (Å²) in [5.74, 6) is -1.21. The van der Waals surface area contributed by atoms with Crippen molar-refractivity contribution in [1.29, 1.82) is 0 Å². The van der Waals surface area contributed by atoms with Crippen molar-refractivity contribution in [2.45, 2.75) is 24.5 Å². The number of nitrogens with zero attached hydrogens (tertiary/aromatic N) is 4. The normalized spacial score (nSPS) is 29.1. The van der Waals surface area contributed by atoms with Crippen LogP contribution in [0.15, 0.2) is 20.9 Å². The number of ether oxygens (including phenoxy) is 1. The highest BCUT2D eigenvalue weighted by molar-refractivity contribution is 4.96. The average molecular weight is 287 g/mol. The van der Waals surface area contributed by atoms with E-state index in [4.69, 9.17) is 10.3 Å². The molecule has 0 spiro atoms. The molecule has 1 fully saturated rings. The molecule has 1 aliphatic heterocycles. The Morgan fingerprint density at radius 3 is 3.00 bits per heavy atom. The van der Waals surface area contributed by atoms with Gasteiger partial charge in [-0.25, -0.2) is 4.79 Å². The number of rotatable bonds is 3. The first kappa shape index (κ1) is 14.2. The Morgan fingerprint density at radius 1 is 1.70 bits per heavy atom. The molecular weight excluding hydrogens is 277 g/mol. The molecule has 2 heterocycles. The minimum Gasteiger partial charge on any atom is -0.393 e. The summed E-state index contributed by atoms with van der Waals surface area (Å²) in [4.78, 5) is 26.7. The van der Waals surface area contributed by atoms with Crippen molar-refractivity contribution >= 4 is 0 Å². The van der Waals surface area contributed by atoms with Crippen LogP contribution in [-0.4, -0.2) is 38.2 Å². The average Bonchev–Trinajstić information content (AvgIpc) is 2.72. The summed E-state index contributed by atoms with van der Waals surface area (Å²) in [7, 11) is 0. The standard InChI is InChI=1S/C9H10FN5O5/c10-4-2-15(8(19)12-7(4)18)6-1-5(17)9(3-16,20-6)13-14-11/h2,5-6,16-17H,1,3H2,(H,12,18,19)/t5-,6+,9+/m0/s1. The van der Waals surface area contributed by atoms with Crippen LogP contribution >= 0.6 is 0 Å². The molecular formula is C9H10FN5O5. The Morgan fingerprint density at radius 2 is 2.40 bits per heavy atom. The van der Waals surface area contributed by atoms with Crippen LogP contribution in [0.3, 0.4) is 0 Å². The Hall–Kier alpha value is -2.20. The highest BCUT2D eigenvalue weighted by Gasteiger charge is 2.48. The third kappa shape index (κ3) is 2.18. The highest BCUT2D eigenvalue weighted by Crippen LogP contribution is 2.37. The molecule has 0 aromatic carbocycles. The van der Waals surface area contributed by atoms with E-state index in [1.807, 2.05) is 0 Å². The maximum Gasteiger partial charge on any atom is 0.330 e. The van der Waals surface area contributed by atoms with Crippen LogP contribution in [0.5, 0.6) is 0 Å². The lowest BCUT2D eigenvalue weighted by molar-refractivity contribution is -0.124. The molecule has 0 bridgehead atoms. The summed E-state index contributed by atoms with van der Waals surface area (Å²) in [5, 5.41) is 22.1. The zero-order valence-corrected chi connectivity index (χ0v) is 9.93. The van der Waals surface area contributed by atoms with Gasteiger partial charge in [0.05, 0.1) is 18.9 Å². The first-order chi connectivity index (χ1) is 9.43. The van der Waals surface area contributed by atoms with Gasteiger partial charge < -0.3 is 14.9 Å². The van der Waals surface area contributed by atoms with Crippen molar-refractivity contribution in [3.63, 3.8) is 0 Å². The molecule has 0 radical (unpaired) electrons. The van der Waals surface area contributed by atoms with Gasteiger partial charge in [0.1, 0.15) is 6.23 Å². The maximum atomic E-state index is 13.2. The van der Waals surface area contributed by atoms with Gasteiger partial charge in [-0.1, -0.05) is 5.11 Å². The second kappa shape index (κ2) is 5.06. The Labute approximate surface area is 109 Å². The fraction of sp³-hybridized carbons (Fsp3) is 0.556. The molecule has 0 aliphatic carbocycles. The second-order valence-corrected chi connectivity index (χ2v) is 4.16. The number of azide groups is 1. The van der Waals surface area contributed by atoms with E-state index < -0.39 is 41.7 Å². The van der Waals surface area contributed by atoms with Crippen molar-refractivity contribution in [2.24, 2.45) is 5.11 Å². The molecule has 1 aliphatic rings. The van der Waals surface area contributed by atoms with Crippen molar-refractivity contribution < 1.29 is 19.3 Å². The smallest absolute Gasteiger partial charge is 0.330 e. The topological polar surface area (TPSA) is 153 Å². The van der Waals surface area contributed by atoms with Gasteiger partial charge in [0.15, 0.2) is 5.72 Å². The van der Waals surface area contributed by atoms with Crippen LogP contribution in [0.25, 0.3) is 10.4 Å². The Balaban J connectivity index is 2.43. The first-order valence-electron chi connectivity index (χ1n) is 5.47. The molecule has 11 heteroatoms. The minimum absolute atomic E-state index is 0.231. The van der Waals surface area contributed by atoms with Gasteiger partial charge in [-0.3, -0.25) is 14.3 Å². The van der Waals surface area contributed by atoms with Crippen molar-refractivity contribution in [3.05, 3.63) is 43.3 Å². The van der Waals surface area contributed by atoms with Crippen LogP contribution in [-0.2, 0) is 4.74 Å². The third-order valence-electron chi connectivity index (χ3n) is 2.96. The van der Waals surface area contributed by atoms with Crippen molar-refractivity contribution in [2.75, 3.05) is 6.61 Å². The van der Waals surface area contributed by atoms with E-state index in [1.54, 1.807) is 4.98 Å². The van der Waals surface area contributed by atoms with E-state index in [9.17, 15) is 24.2 Å². The Kier molecular flexibility index (Phi) is 3.59. The van der Waals surface area contributed by atoms with E-state index in [-0.39, 0.29) is 6.42 Å². The SMILES string of the molecule is [N-]=[N+]=N[C@]1(CO)O[C@@H](n2cc(F)c(=O)[nH]c2=O)C[C@@H]1O. The van der Waals surface area contributed by atoms with Gasteiger partial charge in [-0.15, -0.1) is 0 Å². The summed E-state index contributed by atoms with van der Waals surface area (Å²) in [5.41, 5.74) is 4.32. The second-order valence-electron chi connectivity index (χ2n) is 4.16. The number of H-pyrrole nitrogens is 1. The number of aromatic amines is 1. The molecule has 1 aromatic rings. The van der Waals surface area contributed by atoms with Crippen molar-refractivity contribution in [3.8, 4) is 0 Å². The Bertz CT molecular complexity index is 680. The van der Waals surface area contributed by atoms with Crippen molar-refractivity contribution in [1.82, 2.24) is 9.55 Å². The monoisotopic (exact) mass is 287 g/mol. The van der Waals surface area contributed by atoms with Gasteiger partial charge >= 0.3 is 5.69 Å². The van der Waals surface area contributed by atoms with Crippen LogP contribution in [0, 0.1) is 5.82 Å². The van der Waals surface area contributed by atoms with Gasteiger partial charge in [-0.2, -0.15) is 4.39 Å². The quantitative estimate of drug-likeness (QED) is 0.368. The number of hydrogen-bond acceptors (Lipinski definition) is 6. The largest absolute Gasteiger partial charge is 0.393 e. The highest BCUT2D eigenvalue weighted by atomic mass is 19.1. The summed E-state index contributed by atoms with van der Waals surface area (Å²) >= 11 is 0. The predicted molar refractivity (Wildman–Crippen MR) is 61.0 cm³/mol. The molecule has 1 aromatic heterocycles. The molecule has 2 rings (SSSR count). The lowest BCUT2D eigenvalue weighted by Crippen LogP contribution is -2.41. The molecule has 10 nitrogen and oxygen atoms in total. The summed E-state index contributed by atoms with van der Waals surface area (Å²) < 4.78 is 19.0. The summed E-state index contributed by atoms with van der Waals surface area (Å²) in [6.07, 6.45) is -2.20. The van der Waals surface area contributed by atoms with Gasteiger partial charge in [0.25, 0.3) is 5.56 Å². The summed E-state index contributed by atoms with van der Waals surface area (Å²) in [6, 6.07) is 0. The first-order valence-corrected chi connectivity index (χ1v) is 5.47. The van der Waals surface area contributed by atoms with Crippen LogP contribution in [0.4, 0.5) is 4.39 Å². The van der Waals surface area contributed by atoms with Crippen LogP contribution < -0.4 is 11.2 Å². The van der Waals surface area contributed by atoms with E-state index in [0.717, 1.165) is 0 Å². The van der Waals surface area contributed by atoms with E-state index in [0.29, 0.717) is 10.8 Å².